The monoisotopic (exact) mass is 244 g/mol. The lowest BCUT2D eigenvalue weighted by molar-refractivity contribution is 0.133. The maximum Gasteiger partial charge on any atom is 0.0370 e. The Morgan fingerprint density at radius 3 is 2.72 bits per heavy atom. The van der Waals surface area contributed by atoms with E-state index in [0.717, 1.165) is 6.04 Å². The van der Waals surface area contributed by atoms with E-state index in [2.05, 4.69) is 41.8 Å². The SMILES string of the molecule is Cc1ccc(N2CCN3CCCCC3C2)cc1C. The summed E-state index contributed by atoms with van der Waals surface area (Å²) >= 11 is 0. The Morgan fingerprint density at radius 1 is 1.00 bits per heavy atom. The molecule has 0 aromatic heterocycles. The van der Waals surface area contributed by atoms with Crippen molar-refractivity contribution >= 4 is 5.69 Å². The number of nitrogens with zero attached hydrogens (tertiary/aromatic N) is 2. The van der Waals surface area contributed by atoms with Gasteiger partial charge in [-0.2, -0.15) is 0 Å². The Bertz CT molecular complexity index is 427. The largest absolute Gasteiger partial charge is 0.369 e. The summed E-state index contributed by atoms with van der Waals surface area (Å²) in [5.41, 5.74) is 4.23. The molecule has 2 nitrogen and oxygen atoms in total. The van der Waals surface area contributed by atoms with E-state index < -0.39 is 0 Å². The average Bonchev–Trinajstić information content (AvgIpc) is 2.41. The molecule has 2 heterocycles. The van der Waals surface area contributed by atoms with Crippen LogP contribution in [0.5, 0.6) is 0 Å². The molecule has 18 heavy (non-hydrogen) atoms. The normalized spacial score (nSPS) is 25.0. The van der Waals surface area contributed by atoms with Crippen molar-refractivity contribution in [1.29, 1.82) is 0 Å². The number of fused-ring (bicyclic) bond motifs is 1. The number of benzene rings is 1. The van der Waals surface area contributed by atoms with Crippen LogP contribution in [0.1, 0.15) is 30.4 Å². The second-order valence-electron chi connectivity index (χ2n) is 5.90. The van der Waals surface area contributed by atoms with E-state index in [4.69, 9.17) is 0 Å². The number of rotatable bonds is 1. The summed E-state index contributed by atoms with van der Waals surface area (Å²) < 4.78 is 0. The van der Waals surface area contributed by atoms with Gasteiger partial charge in [0.15, 0.2) is 0 Å². The van der Waals surface area contributed by atoms with Gasteiger partial charge in [0.2, 0.25) is 0 Å². The van der Waals surface area contributed by atoms with Gasteiger partial charge in [0, 0.05) is 31.4 Å². The molecule has 1 unspecified atom stereocenters. The highest BCUT2D eigenvalue weighted by Crippen LogP contribution is 2.26. The van der Waals surface area contributed by atoms with Gasteiger partial charge in [-0.1, -0.05) is 12.5 Å². The summed E-state index contributed by atoms with van der Waals surface area (Å²) in [5, 5.41) is 0. The minimum absolute atomic E-state index is 0.800. The first-order valence-electron chi connectivity index (χ1n) is 7.30. The molecular weight excluding hydrogens is 220 g/mol. The number of piperidine rings is 1. The van der Waals surface area contributed by atoms with Crippen molar-refractivity contribution < 1.29 is 0 Å². The lowest BCUT2D eigenvalue weighted by Gasteiger charge is -2.45. The molecule has 1 aromatic carbocycles. The number of piperazine rings is 1. The third kappa shape index (κ3) is 2.26. The van der Waals surface area contributed by atoms with Crippen LogP contribution in [0.4, 0.5) is 5.69 Å². The van der Waals surface area contributed by atoms with Gasteiger partial charge in [0.25, 0.3) is 0 Å². The molecule has 0 N–H and O–H groups in total. The molecule has 0 bridgehead atoms. The average molecular weight is 244 g/mol. The number of anilines is 1. The lowest BCUT2D eigenvalue weighted by Crippen LogP contribution is -2.54. The van der Waals surface area contributed by atoms with Gasteiger partial charge in [-0.15, -0.1) is 0 Å². The van der Waals surface area contributed by atoms with Crippen molar-refractivity contribution in [3.63, 3.8) is 0 Å². The first kappa shape index (κ1) is 12.0. The molecule has 1 atom stereocenters. The molecule has 98 valence electrons. The van der Waals surface area contributed by atoms with Crippen LogP contribution in [-0.2, 0) is 0 Å². The Labute approximate surface area is 111 Å². The summed E-state index contributed by atoms with van der Waals surface area (Å²) in [6.45, 7) is 9.40. The summed E-state index contributed by atoms with van der Waals surface area (Å²) in [6.07, 6.45) is 4.21. The number of aryl methyl sites for hydroxylation is 2. The molecule has 2 aliphatic heterocycles. The highest BCUT2D eigenvalue weighted by atomic mass is 15.3. The fraction of sp³-hybridized carbons (Fsp3) is 0.625. The lowest BCUT2D eigenvalue weighted by atomic mass is 9.99. The summed E-state index contributed by atoms with van der Waals surface area (Å²) in [7, 11) is 0. The second kappa shape index (κ2) is 4.93. The fourth-order valence-electron chi connectivity index (χ4n) is 3.31. The zero-order valence-electron chi connectivity index (χ0n) is 11.7. The Balaban J connectivity index is 1.75. The van der Waals surface area contributed by atoms with E-state index in [1.165, 1.54) is 62.3 Å². The molecule has 2 saturated heterocycles. The molecule has 1 aromatic rings. The highest BCUT2D eigenvalue weighted by molar-refractivity contribution is 5.51. The second-order valence-corrected chi connectivity index (χ2v) is 5.90. The summed E-state index contributed by atoms with van der Waals surface area (Å²) in [5.74, 6) is 0. The summed E-state index contributed by atoms with van der Waals surface area (Å²) in [4.78, 5) is 5.28. The van der Waals surface area contributed by atoms with E-state index in [0.29, 0.717) is 0 Å². The van der Waals surface area contributed by atoms with Gasteiger partial charge in [0.1, 0.15) is 0 Å². The first-order chi connectivity index (χ1) is 8.74. The Hall–Kier alpha value is -1.02. The molecule has 2 fully saturated rings. The Kier molecular flexibility index (Phi) is 3.29. The molecule has 0 saturated carbocycles. The standard InChI is InChI=1S/C16H24N2/c1-13-6-7-15(11-14(13)2)18-10-9-17-8-4-3-5-16(17)12-18/h6-7,11,16H,3-5,8-10,12H2,1-2H3. The zero-order valence-corrected chi connectivity index (χ0v) is 11.7. The molecule has 0 spiro atoms. The third-order valence-electron chi connectivity index (χ3n) is 4.69. The van der Waals surface area contributed by atoms with Gasteiger partial charge in [0.05, 0.1) is 0 Å². The molecular formula is C16H24N2. The number of hydrogen-bond donors (Lipinski definition) is 0. The van der Waals surface area contributed by atoms with Gasteiger partial charge in [-0.05, 0) is 56.5 Å². The molecule has 0 amide bonds. The zero-order chi connectivity index (χ0) is 12.5. The van der Waals surface area contributed by atoms with Crippen LogP contribution >= 0.6 is 0 Å². The van der Waals surface area contributed by atoms with E-state index in [1.54, 1.807) is 0 Å². The van der Waals surface area contributed by atoms with Crippen LogP contribution in [-0.4, -0.2) is 37.1 Å². The third-order valence-corrected chi connectivity index (χ3v) is 4.69. The highest BCUT2D eigenvalue weighted by Gasteiger charge is 2.28. The van der Waals surface area contributed by atoms with Crippen molar-refractivity contribution in [3.05, 3.63) is 29.3 Å². The van der Waals surface area contributed by atoms with Crippen LogP contribution in [0.15, 0.2) is 18.2 Å². The maximum absolute atomic E-state index is 2.70. The van der Waals surface area contributed by atoms with Gasteiger partial charge < -0.3 is 4.90 Å². The minimum Gasteiger partial charge on any atom is -0.369 e. The smallest absolute Gasteiger partial charge is 0.0370 e. The van der Waals surface area contributed by atoms with Crippen LogP contribution in [0.25, 0.3) is 0 Å². The van der Waals surface area contributed by atoms with Gasteiger partial charge in [-0.25, -0.2) is 0 Å². The van der Waals surface area contributed by atoms with Crippen molar-refractivity contribution in [3.8, 4) is 0 Å². The molecule has 3 rings (SSSR count). The molecule has 0 aliphatic carbocycles. The fourth-order valence-corrected chi connectivity index (χ4v) is 3.31. The van der Waals surface area contributed by atoms with Gasteiger partial charge >= 0.3 is 0 Å². The first-order valence-corrected chi connectivity index (χ1v) is 7.30. The molecule has 2 aliphatic rings. The van der Waals surface area contributed by atoms with Crippen molar-refractivity contribution in [2.75, 3.05) is 31.1 Å². The molecule has 2 heteroatoms. The van der Waals surface area contributed by atoms with Crippen LogP contribution in [0.3, 0.4) is 0 Å². The van der Waals surface area contributed by atoms with E-state index in [1.807, 2.05) is 0 Å². The van der Waals surface area contributed by atoms with Crippen molar-refractivity contribution in [2.45, 2.75) is 39.2 Å². The van der Waals surface area contributed by atoms with Crippen LogP contribution in [0.2, 0.25) is 0 Å². The number of hydrogen-bond acceptors (Lipinski definition) is 2. The summed E-state index contributed by atoms with van der Waals surface area (Å²) in [6, 6.07) is 7.71. The quantitative estimate of drug-likeness (QED) is 0.749. The molecule has 0 radical (unpaired) electrons. The van der Waals surface area contributed by atoms with Crippen LogP contribution < -0.4 is 4.90 Å². The topological polar surface area (TPSA) is 6.48 Å². The predicted octanol–water partition coefficient (Wildman–Crippen LogP) is 2.98. The van der Waals surface area contributed by atoms with E-state index in [-0.39, 0.29) is 0 Å². The van der Waals surface area contributed by atoms with Crippen molar-refractivity contribution in [1.82, 2.24) is 4.90 Å². The van der Waals surface area contributed by atoms with Crippen LogP contribution in [0, 0.1) is 13.8 Å². The van der Waals surface area contributed by atoms with Crippen molar-refractivity contribution in [2.24, 2.45) is 0 Å². The predicted molar refractivity (Wildman–Crippen MR) is 77.3 cm³/mol. The minimum atomic E-state index is 0.800. The van der Waals surface area contributed by atoms with E-state index >= 15 is 0 Å². The Morgan fingerprint density at radius 2 is 1.89 bits per heavy atom. The van der Waals surface area contributed by atoms with Gasteiger partial charge in [-0.3, -0.25) is 4.90 Å². The van der Waals surface area contributed by atoms with E-state index in [9.17, 15) is 0 Å². The maximum atomic E-state index is 2.70.